The van der Waals surface area contributed by atoms with E-state index in [2.05, 4.69) is 16.9 Å². The molecule has 0 aliphatic heterocycles. The zero-order valence-electron chi connectivity index (χ0n) is 9.71. The summed E-state index contributed by atoms with van der Waals surface area (Å²) in [6.07, 6.45) is 0. The average molecular weight is 229 g/mol. The van der Waals surface area contributed by atoms with Gasteiger partial charge in [-0.3, -0.25) is 4.79 Å². The predicted molar refractivity (Wildman–Crippen MR) is 69.9 cm³/mol. The molecule has 0 fully saturated rings. The smallest absolute Gasteiger partial charge is 0.267 e. The minimum absolute atomic E-state index is 0.136. The molecule has 0 saturated heterocycles. The molecule has 88 valence electrons. The number of hydrogen-bond acceptors (Lipinski definition) is 2. The largest absolute Gasteiger partial charge is 0.399 e. The number of carbonyl (C=O) groups excluding carboxylic acids is 1. The lowest BCUT2D eigenvalue weighted by Gasteiger charge is -2.01. The molecule has 4 nitrogen and oxygen atoms in total. The third kappa shape index (κ3) is 2.47. The van der Waals surface area contributed by atoms with E-state index in [0.29, 0.717) is 17.9 Å². The molecule has 0 aliphatic carbocycles. The highest BCUT2D eigenvalue weighted by Crippen LogP contribution is 2.18. The van der Waals surface area contributed by atoms with E-state index in [1.165, 1.54) is 0 Å². The Morgan fingerprint density at radius 2 is 2.24 bits per heavy atom. The zero-order chi connectivity index (χ0) is 12.4. The maximum absolute atomic E-state index is 11.8. The van der Waals surface area contributed by atoms with Crippen molar-refractivity contribution in [3.05, 3.63) is 42.1 Å². The first-order valence-electron chi connectivity index (χ1n) is 5.37. The van der Waals surface area contributed by atoms with E-state index in [1.807, 2.05) is 19.1 Å². The monoisotopic (exact) mass is 229 g/mol. The van der Waals surface area contributed by atoms with Crippen molar-refractivity contribution >= 4 is 22.5 Å². The fraction of sp³-hybridized carbons (Fsp3) is 0.154. The number of aromatic nitrogens is 1. The van der Waals surface area contributed by atoms with Gasteiger partial charge < -0.3 is 16.0 Å². The van der Waals surface area contributed by atoms with Crippen molar-refractivity contribution in [3.8, 4) is 0 Å². The molecule has 4 N–H and O–H groups in total. The Balaban J connectivity index is 2.24. The molecule has 1 heterocycles. The van der Waals surface area contributed by atoms with Crippen LogP contribution in [0.5, 0.6) is 0 Å². The highest BCUT2D eigenvalue weighted by atomic mass is 16.1. The summed E-state index contributed by atoms with van der Waals surface area (Å²) in [6, 6.07) is 7.29. The van der Waals surface area contributed by atoms with Gasteiger partial charge in [0.2, 0.25) is 0 Å². The van der Waals surface area contributed by atoms with Gasteiger partial charge in [0.05, 0.1) is 0 Å². The first-order chi connectivity index (χ1) is 8.06. The van der Waals surface area contributed by atoms with Crippen molar-refractivity contribution in [2.75, 3.05) is 12.3 Å². The fourth-order valence-corrected chi connectivity index (χ4v) is 1.60. The number of anilines is 1. The summed E-state index contributed by atoms with van der Waals surface area (Å²) in [5.74, 6) is -0.136. The maximum atomic E-state index is 11.8. The number of benzene rings is 1. The van der Waals surface area contributed by atoms with E-state index in [9.17, 15) is 4.79 Å². The van der Waals surface area contributed by atoms with Crippen LogP contribution >= 0.6 is 0 Å². The van der Waals surface area contributed by atoms with Gasteiger partial charge >= 0.3 is 0 Å². The van der Waals surface area contributed by atoms with Crippen LogP contribution in [0, 0.1) is 0 Å². The van der Waals surface area contributed by atoms with Gasteiger partial charge in [0.15, 0.2) is 0 Å². The topological polar surface area (TPSA) is 70.9 Å². The van der Waals surface area contributed by atoms with Crippen molar-refractivity contribution in [1.82, 2.24) is 10.3 Å². The van der Waals surface area contributed by atoms with E-state index >= 15 is 0 Å². The average Bonchev–Trinajstić information content (AvgIpc) is 2.68. The highest BCUT2D eigenvalue weighted by molar-refractivity contribution is 5.98. The van der Waals surface area contributed by atoms with Crippen LogP contribution in [0.2, 0.25) is 0 Å². The number of fused-ring (bicyclic) bond motifs is 1. The van der Waals surface area contributed by atoms with Crippen molar-refractivity contribution in [2.24, 2.45) is 0 Å². The molecule has 0 radical (unpaired) electrons. The molecule has 1 amide bonds. The van der Waals surface area contributed by atoms with E-state index in [4.69, 9.17) is 5.73 Å². The molecule has 0 unspecified atom stereocenters. The SMILES string of the molecule is C=C(C)CNC(=O)c1cc2cc(N)ccc2[nH]1. The molecule has 1 aromatic heterocycles. The van der Waals surface area contributed by atoms with Crippen LogP contribution in [0.25, 0.3) is 10.9 Å². The molecule has 1 aromatic carbocycles. The fourth-order valence-electron chi connectivity index (χ4n) is 1.60. The summed E-state index contributed by atoms with van der Waals surface area (Å²) < 4.78 is 0. The van der Waals surface area contributed by atoms with Crippen LogP contribution in [0.15, 0.2) is 36.4 Å². The van der Waals surface area contributed by atoms with E-state index in [0.717, 1.165) is 16.5 Å². The summed E-state index contributed by atoms with van der Waals surface area (Å²) in [7, 11) is 0. The van der Waals surface area contributed by atoms with Gasteiger partial charge in [-0.15, -0.1) is 0 Å². The Morgan fingerprint density at radius 1 is 1.47 bits per heavy atom. The van der Waals surface area contributed by atoms with Gasteiger partial charge in [-0.1, -0.05) is 12.2 Å². The van der Waals surface area contributed by atoms with Gasteiger partial charge in [0.25, 0.3) is 5.91 Å². The molecule has 0 bridgehead atoms. The van der Waals surface area contributed by atoms with Crippen molar-refractivity contribution < 1.29 is 4.79 Å². The second-order valence-electron chi connectivity index (χ2n) is 4.17. The Kier molecular flexibility index (Phi) is 2.87. The van der Waals surface area contributed by atoms with Gasteiger partial charge in [-0.2, -0.15) is 0 Å². The lowest BCUT2D eigenvalue weighted by atomic mass is 10.2. The van der Waals surface area contributed by atoms with Crippen LogP contribution in [-0.2, 0) is 0 Å². The van der Waals surface area contributed by atoms with Gasteiger partial charge in [0, 0.05) is 23.1 Å². The number of nitrogens with two attached hydrogens (primary N) is 1. The van der Waals surface area contributed by atoms with Crippen molar-refractivity contribution in [2.45, 2.75) is 6.92 Å². The highest BCUT2D eigenvalue weighted by Gasteiger charge is 2.08. The molecule has 0 spiro atoms. The van der Waals surface area contributed by atoms with E-state index in [-0.39, 0.29) is 5.91 Å². The molecule has 0 saturated carbocycles. The second kappa shape index (κ2) is 4.33. The van der Waals surface area contributed by atoms with Gasteiger partial charge in [0.1, 0.15) is 5.69 Å². The Bertz CT molecular complexity index is 583. The Hall–Kier alpha value is -2.23. The third-order valence-corrected chi connectivity index (χ3v) is 2.44. The van der Waals surface area contributed by atoms with Crippen LogP contribution in [0.4, 0.5) is 5.69 Å². The molecular formula is C13H15N3O. The summed E-state index contributed by atoms with van der Waals surface area (Å²) >= 11 is 0. The summed E-state index contributed by atoms with van der Waals surface area (Å²) in [6.45, 7) is 6.08. The number of H-pyrrole nitrogens is 1. The maximum Gasteiger partial charge on any atom is 0.267 e. The van der Waals surface area contributed by atoms with Crippen molar-refractivity contribution in [1.29, 1.82) is 0 Å². The normalized spacial score (nSPS) is 10.4. The van der Waals surface area contributed by atoms with Gasteiger partial charge in [-0.25, -0.2) is 0 Å². The number of carbonyl (C=O) groups is 1. The van der Waals surface area contributed by atoms with Crippen LogP contribution in [0.3, 0.4) is 0 Å². The molecular weight excluding hydrogens is 214 g/mol. The van der Waals surface area contributed by atoms with Crippen LogP contribution < -0.4 is 11.1 Å². The number of nitrogen functional groups attached to an aromatic ring is 1. The van der Waals surface area contributed by atoms with Crippen LogP contribution in [0.1, 0.15) is 17.4 Å². The molecule has 4 heteroatoms. The second-order valence-corrected chi connectivity index (χ2v) is 4.17. The quantitative estimate of drug-likeness (QED) is 0.557. The number of aromatic amines is 1. The van der Waals surface area contributed by atoms with E-state index < -0.39 is 0 Å². The summed E-state index contributed by atoms with van der Waals surface area (Å²) in [5.41, 5.74) is 8.72. The van der Waals surface area contributed by atoms with E-state index in [1.54, 1.807) is 12.1 Å². The molecule has 2 aromatic rings. The number of amides is 1. The lowest BCUT2D eigenvalue weighted by Crippen LogP contribution is -2.25. The van der Waals surface area contributed by atoms with Gasteiger partial charge in [-0.05, 0) is 31.2 Å². The molecule has 17 heavy (non-hydrogen) atoms. The van der Waals surface area contributed by atoms with Crippen LogP contribution in [-0.4, -0.2) is 17.4 Å². The number of rotatable bonds is 3. The molecule has 2 rings (SSSR count). The first-order valence-corrected chi connectivity index (χ1v) is 5.37. The Labute approximate surface area is 99.5 Å². The number of hydrogen-bond donors (Lipinski definition) is 3. The Morgan fingerprint density at radius 3 is 2.94 bits per heavy atom. The first kappa shape index (κ1) is 11.3. The minimum Gasteiger partial charge on any atom is -0.399 e. The standard InChI is InChI=1S/C13H15N3O/c1-8(2)7-15-13(17)12-6-9-5-10(14)3-4-11(9)16-12/h3-6,16H,1,7,14H2,2H3,(H,15,17). The predicted octanol–water partition coefficient (Wildman–Crippen LogP) is 2.06. The molecule has 0 aliphatic rings. The third-order valence-electron chi connectivity index (χ3n) is 2.44. The zero-order valence-corrected chi connectivity index (χ0v) is 9.71. The molecule has 0 atom stereocenters. The number of nitrogens with one attached hydrogen (secondary N) is 2. The summed E-state index contributed by atoms with van der Waals surface area (Å²) in [5, 5.41) is 3.71. The minimum atomic E-state index is -0.136. The lowest BCUT2D eigenvalue weighted by molar-refractivity contribution is 0.0953. The van der Waals surface area contributed by atoms with Crippen molar-refractivity contribution in [3.63, 3.8) is 0 Å². The summed E-state index contributed by atoms with van der Waals surface area (Å²) in [4.78, 5) is 14.8.